The SMILES string of the molecule is CCCCC(C)NCCC(N)C1CC1. The van der Waals surface area contributed by atoms with E-state index in [2.05, 4.69) is 19.2 Å². The smallest absolute Gasteiger partial charge is 0.00792 e. The Morgan fingerprint density at radius 1 is 1.36 bits per heavy atom. The summed E-state index contributed by atoms with van der Waals surface area (Å²) in [4.78, 5) is 0. The summed E-state index contributed by atoms with van der Waals surface area (Å²) in [5.74, 6) is 0.850. The second kappa shape index (κ2) is 6.41. The average molecular weight is 198 g/mol. The lowest BCUT2D eigenvalue weighted by Gasteiger charge is -2.15. The lowest BCUT2D eigenvalue weighted by Crippen LogP contribution is -2.32. The molecule has 2 nitrogen and oxygen atoms in total. The van der Waals surface area contributed by atoms with Crippen molar-refractivity contribution < 1.29 is 0 Å². The van der Waals surface area contributed by atoms with Crippen molar-refractivity contribution in [2.45, 2.75) is 64.5 Å². The molecule has 1 aliphatic carbocycles. The first-order valence-corrected chi connectivity index (χ1v) is 6.23. The maximum absolute atomic E-state index is 6.03. The average Bonchev–Trinajstić information content (AvgIpc) is 2.97. The van der Waals surface area contributed by atoms with Gasteiger partial charge in [0.05, 0.1) is 0 Å². The molecule has 0 bridgehead atoms. The van der Waals surface area contributed by atoms with Crippen molar-refractivity contribution in [3.63, 3.8) is 0 Å². The van der Waals surface area contributed by atoms with Crippen LogP contribution in [0.25, 0.3) is 0 Å². The van der Waals surface area contributed by atoms with Crippen molar-refractivity contribution in [1.82, 2.24) is 5.32 Å². The lowest BCUT2D eigenvalue weighted by molar-refractivity contribution is 0.455. The van der Waals surface area contributed by atoms with Gasteiger partial charge in [-0.1, -0.05) is 19.8 Å². The minimum absolute atomic E-state index is 0.459. The Balaban J connectivity index is 1.91. The summed E-state index contributed by atoms with van der Waals surface area (Å²) in [5.41, 5.74) is 6.03. The second-order valence-electron chi connectivity index (χ2n) is 4.79. The molecule has 2 atom stereocenters. The van der Waals surface area contributed by atoms with Crippen molar-refractivity contribution >= 4 is 0 Å². The molecule has 3 N–H and O–H groups in total. The number of nitrogens with one attached hydrogen (secondary N) is 1. The largest absolute Gasteiger partial charge is 0.327 e. The molecular formula is C12H26N2. The summed E-state index contributed by atoms with van der Waals surface area (Å²) >= 11 is 0. The number of unbranched alkanes of at least 4 members (excludes halogenated alkanes) is 1. The Morgan fingerprint density at radius 2 is 2.07 bits per heavy atom. The highest BCUT2D eigenvalue weighted by Crippen LogP contribution is 2.32. The fourth-order valence-corrected chi connectivity index (χ4v) is 1.87. The maximum Gasteiger partial charge on any atom is 0.00792 e. The standard InChI is InChI=1S/C12H26N2/c1-3-4-5-10(2)14-9-8-12(13)11-6-7-11/h10-12,14H,3-9,13H2,1-2H3. The molecule has 1 fully saturated rings. The molecule has 2 unspecified atom stereocenters. The zero-order valence-electron chi connectivity index (χ0n) is 9.76. The number of nitrogens with two attached hydrogens (primary N) is 1. The third kappa shape index (κ3) is 4.97. The van der Waals surface area contributed by atoms with Crippen LogP contribution in [-0.2, 0) is 0 Å². The fourth-order valence-electron chi connectivity index (χ4n) is 1.87. The molecule has 0 heterocycles. The first-order chi connectivity index (χ1) is 6.74. The topological polar surface area (TPSA) is 38.0 Å². The molecular weight excluding hydrogens is 172 g/mol. The highest BCUT2D eigenvalue weighted by atomic mass is 14.9. The zero-order chi connectivity index (χ0) is 10.4. The summed E-state index contributed by atoms with van der Waals surface area (Å²) < 4.78 is 0. The van der Waals surface area contributed by atoms with Gasteiger partial charge in [0.15, 0.2) is 0 Å². The summed E-state index contributed by atoms with van der Waals surface area (Å²) in [6, 6.07) is 1.13. The van der Waals surface area contributed by atoms with Gasteiger partial charge in [0.1, 0.15) is 0 Å². The summed E-state index contributed by atoms with van der Waals surface area (Å²) in [5, 5.41) is 3.55. The normalized spacial score (nSPS) is 20.8. The second-order valence-corrected chi connectivity index (χ2v) is 4.79. The van der Waals surface area contributed by atoms with Crippen LogP contribution in [0.5, 0.6) is 0 Å². The first kappa shape index (κ1) is 12.0. The molecule has 1 saturated carbocycles. The molecule has 0 spiro atoms. The zero-order valence-corrected chi connectivity index (χ0v) is 9.76. The summed E-state index contributed by atoms with van der Waals surface area (Å²) in [6.45, 7) is 5.62. The van der Waals surface area contributed by atoms with Crippen LogP contribution in [0.15, 0.2) is 0 Å². The molecule has 0 radical (unpaired) electrons. The molecule has 0 amide bonds. The highest BCUT2D eigenvalue weighted by molar-refractivity contribution is 4.84. The highest BCUT2D eigenvalue weighted by Gasteiger charge is 2.27. The molecule has 2 heteroatoms. The van der Waals surface area contributed by atoms with E-state index in [1.165, 1.54) is 32.1 Å². The van der Waals surface area contributed by atoms with Crippen LogP contribution in [0, 0.1) is 5.92 Å². The lowest BCUT2D eigenvalue weighted by atomic mass is 10.1. The predicted octanol–water partition coefficient (Wildman–Crippen LogP) is 2.28. The van der Waals surface area contributed by atoms with Crippen molar-refractivity contribution in [2.75, 3.05) is 6.54 Å². The van der Waals surface area contributed by atoms with Gasteiger partial charge in [0, 0.05) is 12.1 Å². The minimum Gasteiger partial charge on any atom is -0.327 e. The fraction of sp³-hybridized carbons (Fsp3) is 1.00. The number of hydrogen-bond donors (Lipinski definition) is 2. The van der Waals surface area contributed by atoms with Crippen LogP contribution in [0.2, 0.25) is 0 Å². The Bertz CT molecular complexity index is 143. The minimum atomic E-state index is 0.459. The number of hydrogen-bond acceptors (Lipinski definition) is 2. The van der Waals surface area contributed by atoms with Gasteiger partial charge in [0.2, 0.25) is 0 Å². The Labute approximate surface area is 88.6 Å². The van der Waals surface area contributed by atoms with Gasteiger partial charge in [-0.3, -0.25) is 0 Å². The summed E-state index contributed by atoms with van der Waals surface area (Å²) in [6.07, 6.45) is 7.83. The summed E-state index contributed by atoms with van der Waals surface area (Å²) in [7, 11) is 0. The molecule has 0 aromatic carbocycles. The Morgan fingerprint density at radius 3 is 2.64 bits per heavy atom. The number of rotatable bonds is 8. The third-order valence-electron chi connectivity index (χ3n) is 3.19. The van der Waals surface area contributed by atoms with Gasteiger partial charge in [-0.15, -0.1) is 0 Å². The quantitative estimate of drug-likeness (QED) is 0.628. The van der Waals surface area contributed by atoms with Gasteiger partial charge in [-0.2, -0.15) is 0 Å². The van der Waals surface area contributed by atoms with E-state index >= 15 is 0 Å². The van der Waals surface area contributed by atoms with Crippen LogP contribution in [0.4, 0.5) is 0 Å². The van der Waals surface area contributed by atoms with Gasteiger partial charge in [0.25, 0.3) is 0 Å². The van der Waals surface area contributed by atoms with E-state index in [1.807, 2.05) is 0 Å². The molecule has 0 aromatic rings. The van der Waals surface area contributed by atoms with E-state index in [4.69, 9.17) is 5.73 Å². The third-order valence-corrected chi connectivity index (χ3v) is 3.19. The van der Waals surface area contributed by atoms with Crippen LogP contribution < -0.4 is 11.1 Å². The van der Waals surface area contributed by atoms with Crippen molar-refractivity contribution in [1.29, 1.82) is 0 Å². The predicted molar refractivity (Wildman–Crippen MR) is 62.3 cm³/mol. The Kier molecular flexibility index (Phi) is 5.49. The van der Waals surface area contributed by atoms with Gasteiger partial charge in [-0.05, 0) is 45.1 Å². The molecule has 0 aromatic heterocycles. The van der Waals surface area contributed by atoms with Crippen molar-refractivity contribution in [3.05, 3.63) is 0 Å². The molecule has 84 valence electrons. The molecule has 0 aliphatic heterocycles. The van der Waals surface area contributed by atoms with E-state index in [1.54, 1.807) is 0 Å². The molecule has 1 rings (SSSR count). The van der Waals surface area contributed by atoms with Crippen molar-refractivity contribution in [2.24, 2.45) is 11.7 Å². The van der Waals surface area contributed by atoms with Crippen molar-refractivity contribution in [3.8, 4) is 0 Å². The van der Waals surface area contributed by atoms with Gasteiger partial charge >= 0.3 is 0 Å². The van der Waals surface area contributed by atoms with Crippen LogP contribution in [0.1, 0.15) is 52.4 Å². The molecule has 0 saturated heterocycles. The van der Waals surface area contributed by atoms with Crippen LogP contribution in [-0.4, -0.2) is 18.6 Å². The van der Waals surface area contributed by atoms with E-state index in [0.29, 0.717) is 12.1 Å². The van der Waals surface area contributed by atoms with E-state index in [0.717, 1.165) is 18.9 Å². The first-order valence-electron chi connectivity index (χ1n) is 6.23. The van der Waals surface area contributed by atoms with E-state index in [9.17, 15) is 0 Å². The van der Waals surface area contributed by atoms with Crippen LogP contribution in [0.3, 0.4) is 0 Å². The van der Waals surface area contributed by atoms with Gasteiger partial charge in [-0.25, -0.2) is 0 Å². The Hall–Kier alpha value is -0.0800. The van der Waals surface area contributed by atoms with Crippen LogP contribution >= 0.6 is 0 Å². The van der Waals surface area contributed by atoms with E-state index < -0.39 is 0 Å². The van der Waals surface area contributed by atoms with Gasteiger partial charge < -0.3 is 11.1 Å². The molecule has 14 heavy (non-hydrogen) atoms. The van der Waals surface area contributed by atoms with E-state index in [-0.39, 0.29) is 0 Å². The monoisotopic (exact) mass is 198 g/mol. The maximum atomic E-state index is 6.03. The molecule has 1 aliphatic rings.